The SMILES string of the molecule is CCC(=O)N1CCN(C(=O)Cc2sc(-c3ccccc3)nc2-c2cccs2)CC1. The average molecular weight is 426 g/mol. The molecule has 0 aliphatic carbocycles. The van der Waals surface area contributed by atoms with E-state index in [1.54, 1.807) is 22.7 Å². The average Bonchev–Trinajstić information content (AvgIpc) is 3.44. The lowest BCUT2D eigenvalue weighted by Gasteiger charge is -2.34. The molecule has 2 amide bonds. The largest absolute Gasteiger partial charge is 0.339 e. The molecule has 4 rings (SSSR count). The number of aromatic nitrogens is 1. The fourth-order valence-corrected chi connectivity index (χ4v) is 5.34. The standard InChI is InChI=1S/C22H23N3O2S2/c1-2-19(26)24-10-12-25(13-11-24)20(27)15-18-21(17-9-6-14-28-17)23-22(29-18)16-7-4-3-5-8-16/h3-9,14H,2,10-13,15H2,1H3. The Morgan fingerprint density at radius 1 is 0.966 bits per heavy atom. The number of carbonyl (C=O) groups excluding carboxylic acids is 2. The van der Waals surface area contributed by atoms with Gasteiger partial charge in [0.15, 0.2) is 0 Å². The number of hydrogen-bond acceptors (Lipinski definition) is 5. The number of amides is 2. The van der Waals surface area contributed by atoms with E-state index in [4.69, 9.17) is 4.98 Å². The van der Waals surface area contributed by atoms with Gasteiger partial charge in [0.1, 0.15) is 5.01 Å². The molecule has 0 radical (unpaired) electrons. The van der Waals surface area contributed by atoms with Gasteiger partial charge in [-0.2, -0.15) is 0 Å². The monoisotopic (exact) mass is 425 g/mol. The van der Waals surface area contributed by atoms with Gasteiger partial charge in [-0.1, -0.05) is 43.3 Å². The van der Waals surface area contributed by atoms with E-state index in [-0.39, 0.29) is 11.8 Å². The Bertz CT molecular complexity index is 975. The van der Waals surface area contributed by atoms with Gasteiger partial charge in [-0.05, 0) is 11.4 Å². The van der Waals surface area contributed by atoms with Gasteiger partial charge in [0.05, 0.1) is 17.0 Å². The molecule has 29 heavy (non-hydrogen) atoms. The van der Waals surface area contributed by atoms with Crippen molar-refractivity contribution in [1.82, 2.24) is 14.8 Å². The third-order valence-electron chi connectivity index (χ3n) is 5.07. The van der Waals surface area contributed by atoms with Crippen LogP contribution in [-0.4, -0.2) is 52.8 Å². The first-order chi connectivity index (χ1) is 14.2. The topological polar surface area (TPSA) is 53.5 Å². The van der Waals surface area contributed by atoms with Crippen LogP contribution in [0, 0.1) is 0 Å². The lowest BCUT2D eigenvalue weighted by atomic mass is 10.2. The van der Waals surface area contributed by atoms with Crippen LogP contribution < -0.4 is 0 Å². The minimum Gasteiger partial charge on any atom is -0.339 e. The highest BCUT2D eigenvalue weighted by Crippen LogP contribution is 2.36. The molecule has 1 saturated heterocycles. The Labute approximate surface area is 178 Å². The first kappa shape index (κ1) is 19.8. The number of nitrogens with zero attached hydrogens (tertiary/aromatic N) is 3. The maximum absolute atomic E-state index is 13.0. The number of carbonyl (C=O) groups is 2. The van der Waals surface area contributed by atoms with Crippen molar-refractivity contribution >= 4 is 34.5 Å². The minimum atomic E-state index is 0.106. The maximum Gasteiger partial charge on any atom is 0.228 e. The Balaban J connectivity index is 1.53. The molecule has 3 aromatic rings. The van der Waals surface area contributed by atoms with Crippen LogP contribution in [-0.2, 0) is 16.0 Å². The molecule has 1 aromatic carbocycles. The van der Waals surface area contributed by atoms with Gasteiger partial charge < -0.3 is 9.80 Å². The number of thiazole rings is 1. The lowest BCUT2D eigenvalue weighted by molar-refractivity contribution is -0.138. The molecule has 1 aliphatic rings. The Morgan fingerprint density at radius 2 is 1.66 bits per heavy atom. The van der Waals surface area contributed by atoms with Gasteiger partial charge in [0.2, 0.25) is 11.8 Å². The zero-order chi connectivity index (χ0) is 20.2. The van der Waals surface area contributed by atoms with Gasteiger partial charge in [-0.15, -0.1) is 22.7 Å². The van der Waals surface area contributed by atoms with Crippen molar-refractivity contribution in [2.24, 2.45) is 0 Å². The molecule has 1 fully saturated rings. The van der Waals surface area contributed by atoms with E-state index in [1.165, 1.54) is 0 Å². The summed E-state index contributed by atoms with van der Waals surface area (Å²) in [5.41, 5.74) is 1.98. The molecule has 0 N–H and O–H groups in total. The summed E-state index contributed by atoms with van der Waals surface area (Å²) >= 11 is 3.24. The van der Waals surface area contributed by atoms with Crippen molar-refractivity contribution < 1.29 is 9.59 Å². The second-order valence-corrected chi connectivity index (χ2v) is 8.96. The molecule has 7 heteroatoms. The van der Waals surface area contributed by atoms with Gasteiger partial charge in [0, 0.05) is 43.0 Å². The molecule has 150 valence electrons. The van der Waals surface area contributed by atoms with E-state index in [0.717, 1.165) is 26.0 Å². The van der Waals surface area contributed by atoms with Crippen LogP contribution >= 0.6 is 22.7 Å². The van der Waals surface area contributed by atoms with Crippen LogP contribution in [0.5, 0.6) is 0 Å². The van der Waals surface area contributed by atoms with Crippen LogP contribution in [0.3, 0.4) is 0 Å². The van der Waals surface area contributed by atoms with Crippen LogP contribution in [0.15, 0.2) is 47.8 Å². The number of rotatable bonds is 5. The molecule has 0 saturated carbocycles. The highest BCUT2D eigenvalue weighted by atomic mass is 32.1. The molecule has 0 spiro atoms. The van der Waals surface area contributed by atoms with E-state index >= 15 is 0 Å². The normalized spacial score (nSPS) is 14.2. The predicted molar refractivity (Wildman–Crippen MR) is 118 cm³/mol. The first-order valence-electron chi connectivity index (χ1n) is 9.80. The smallest absolute Gasteiger partial charge is 0.228 e. The van der Waals surface area contributed by atoms with E-state index in [9.17, 15) is 9.59 Å². The molecule has 1 aliphatic heterocycles. The van der Waals surface area contributed by atoms with Crippen molar-refractivity contribution in [3.8, 4) is 21.1 Å². The number of hydrogen-bond donors (Lipinski definition) is 0. The lowest BCUT2D eigenvalue weighted by Crippen LogP contribution is -2.50. The highest BCUT2D eigenvalue weighted by Gasteiger charge is 2.25. The Hall–Kier alpha value is -2.51. The highest BCUT2D eigenvalue weighted by molar-refractivity contribution is 7.17. The van der Waals surface area contributed by atoms with Crippen molar-refractivity contribution in [3.05, 3.63) is 52.7 Å². The third-order valence-corrected chi connectivity index (χ3v) is 7.05. The van der Waals surface area contributed by atoms with Gasteiger partial charge >= 0.3 is 0 Å². The van der Waals surface area contributed by atoms with E-state index < -0.39 is 0 Å². The predicted octanol–water partition coefficient (Wildman–Crippen LogP) is 4.16. The zero-order valence-electron chi connectivity index (χ0n) is 16.3. The summed E-state index contributed by atoms with van der Waals surface area (Å²) in [6.45, 7) is 4.31. The van der Waals surface area contributed by atoms with Gasteiger partial charge in [-0.3, -0.25) is 9.59 Å². The van der Waals surface area contributed by atoms with Gasteiger partial charge in [0.25, 0.3) is 0 Å². The van der Waals surface area contributed by atoms with Crippen LogP contribution in [0.2, 0.25) is 0 Å². The summed E-state index contributed by atoms with van der Waals surface area (Å²) in [5, 5.41) is 2.97. The van der Waals surface area contributed by atoms with Crippen LogP contribution in [0.25, 0.3) is 21.1 Å². The molecule has 0 atom stereocenters. The van der Waals surface area contributed by atoms with E-state index in [0.29, 0.717) is 39.0 Å². The number of benzene rings is 1. The Morgan fingerprint density at radius 3 is 2.28 bits per heavy atom. The summed E-state index contributed by atoms with van der Waals surface area (Å²) in [5.74, 6) is 0.265. The van der Waals surface area contributed by atoms with Gasteiger partial charge in [-0.25, -0.2) is 4.98 Å². The minimum absolute atomic E-state index is 0.106. The fourth-order valence-electron chi connectivity index (χ4n) is 3.46. The molecular weight excluding hydrogens is 402 g/mol. The molecular formula is C22H23N3O2S2. The fraction of sp³-hybridized carbons (Fsp3) is 0.318. The third kappa shape index (κ3) is 4.41. The summed E-state index contributed by atoms with van der Waals surface area (Å²) in [7, 11) is 0. The first-order valence-corrected chi connectivity index (χ1v) is 11.5. The maximum atomic E-state index is 13.0. The number of piperazine rings is 1. The molecule has 3 heterocycles. The zero-order valence-corrected chi connectivity index (χ0v) is 18.0. The van der Waals surface area contributed by atoms with E-state index in [2.05, 4.69) is 6.07 Å². The van der Waals surface area contributed by atoms with Crippen LogP contribution in [0.1, 0.15) is 18.2 Å². The van der Waals surface area contributed by atoms with Crippen molar-refractivity contribution in [1.29, 1.82) is 0 Å². The van der Waals surface area contributed by atoms with Crippen LogP contribution in [0.4, 0.5) is 0 Å². The Kier molecular flexibility index (Phi) is 6.06. The quantitative estimate of drug-likeness (QED) is 0.617. The summed E-state index contributed by atoms with van der Waals surface area (Å²) in [6, 6.07) is 14.2. The number of thiophene rings is 1. The second-order valence-electron chi connectivity index (χ2n) is 6.93. The molecule has 5 nitrogen and oxygen atoms in total. The summed E-state index contributed by atoms with van der Waals surface area (Å²) in [6.07, 6.45) is 0.862. The molecule has 2 aromatic heterocycles. The van der Waals surface area contributed by atoms with Crippen molar-refractivity contribution in [2.75, 3.05) is 26.2 Å². The van der Waals surface area contributed by atoms with Crippen molar-refractivity contribution in [3.63, 3.8) is 0 Å². The van der Waals surface area contributed by atoms with E-state index in [1.807, 2.05) is 58.5 Å². The van der Waals surface area contributed by atoms with Crippen molar-refractivity contribution in [2.45, 2.75) is 19.8 Å². The summed E-state index contributed by atoms with van der Waals surface area (Å²) in [4.78, 5) is 35.5. The molecule has 0 unspecified atom stereocenters. The molecule has 0 bridgehead atoms. The second kappa shape index (κ2) is 8.88. The summed E-state index contributed by atoms with van der Waals surface area (Å²) < 4.78 is 0.